The molecule has 1 aliphatic rings. The van der Waals surface area contributed by atoms with Gasteiger partial charge in [0.15, 0.2) is 0 Å². The summed E-state index contributed by atoms with van der Waals surface area (Å²) in [5, 5.41) is 3.60. The van der Waals surface area contributed by atoms with Gasteiger partial charge in [0.25, 0.3) is 5.91 Å². The molecular formula is C14H18ClIN2O. The molecule has 0 spiro atoms. The van der Waals surface area contributed by atoms with Crippen LogP contribution in [-0.4, -0.2) is 36.5 Å². The van der Waals surface area contributed by atoms with Gasteiger partial charge in [-0.15, -0.1) is 0 Å². The molecule has 19 heavy (non-hydrogen) atoms. The summed E-state index contributed by atoms with van der Waals surface area (Å²) < 4.78 is 0.924. The van der Waals surface area contributed by atoms with Crippen LogP contribution >= 0.6 is 34.2 Å². The molecule has 0 aliphatic carbocycles. The van der Waals surface area contributed by atoms with Crippen LogP contribution in [-0.2, 0) is 0 Å². The van der Waals surface area contributed by atoms with E-state index in [2.05, 4.69) is 39.7 Å². The molecule has 1 fully saturated rings. The van der Waals surface area contributed by atoms with Crippen LogP contribution in [0.1, 0.15) is 30.1 Å². The third-order valence-corrected chi connectivity index (χ3v) is 4.67. The largest absolute Gasteiger partial charge is 0.350 e. The summed E-state index contributed by atoms with van der Waals surface area (Å²) in [4.78, 5) is 14.6. The highest BCUT2D eigenvalue weighted by Crippen LogP contribution is 2.18. The fourth-order valence-corrected chi connectivity index (χ4v) is 3.07. The van der Waals surface area contributed by atoms with Crippen molar-refractivity contribution in [1.29, 1.82) is 0 Å². The summed E-state index contributed by atoms with van der Waals surface area (Å²) in [6.45, 7) is 5.13. The Morgan fingerprint density at radius 1 is 1.47 bits per heavy atom. The van der Waals surface area contributed by atoms with E-state index in [1.807, 2.05) is 6.07 Å². The molecular weight excluding hydrogens is 375 g/mol. The number of hydrogen-bond acceptors (Lipinski definition) is 2. The third kappa shape index (κ3) is 4.07. The summed E-state index contributed by atoms with van der Waals surface area (Å²) in [6.07, 6.45) is 2.54. The minimum absolute atomic E-state index is 0.0436. The van der Waals surface area contributed by atoms with Gasteiger partial charge >= 0.3 is 0 Å². The van der Waals surface area contributed by atoms with Crippen molar-refractivity contribution in [2.75, 3.05) is 19.6 Å². The Bertz CT molecular complexity index is 461. The fourth-order valence-electron chi connectivity index (χ4n) is 2.32. The number of carbonyl (C=O) groups is 1. The molecule has 0 unspecified atom stereocenters. The predicted octanol–water partition coefficient (Wildman–Crippen LogP) is 3.16. The van der Waals surface area contributed by atoms with Crippen LogP contribution in [0.25, 0.3) is 0 Å². The van der Waals surface area contributed by atoms with Crippen LogP contribution in [0.15, 0.2) is 18.2 Å². The van der Waals surface area contributed by atoms with Crippen LogP contribution in [0.5, 0.6) is 0 Å². The van der Waals surface area contributed by atoms with Gasteiger partial charge in [0.2, 0.25) is 0 Å². The minimum atomic E-state index is -0.0436. The van der Waals surface area contributed by atoms with E-state index in [1.54, 1.807) is 12.1 Å². The molecule has 1 aromatic carbocycles. The zero-order valence-electron chi connectivity index (χ0n) is 11.0. The Morgan fingerprint density at radius 3 is 2.84 bits per heavy atom. The number of benzene rings is 1. The summed E-state index contributed by atoms with van der Waals surface area (Å²) >= 11 is 8.09. The molecule has 1 heterocycles. The van der Waals surface area contributed by atoms with E-state index in [-0.39, 0.29) is 5.91 Å². The molecule has 0 radical (unpaired) electrons. The third-order valence-electron chi connectivity index (χ3n) is 3.50. The van der Waals surface area contributed by atoms with Gasteiger partial charge in [0, 0.05) is 21.2 Å². The second-order valence-electron chi connectivity index (χ2n) is 4.93. The first kappa shape index (κ1) is 15.1. The lowest BCUT2D eigenvalue weighted by Crippen LogP contribution is -2.40. The van der Waals surface area contributed by atoms with E-state index >= 15 is 0 Å². The van der Waals surface area contributed by atoms with E-state index in [0.29, 0.717) is 23.2 Å². The number of carbonyl (C=O) groups excluding carboxylic acids is 1. The highest BCUT2D eigenvalue weighted by molar-refractivity contribution is 14.1. The normalized spacial score (nSPS) is 17.4. The molecule has 1 aromatic rings. The first-order chi connectivity index (χ1) is 9.08. The van der Waals surface area contributed by atoms with Crippen molar-refractivity contribution in [3.8, 4) is 0 Å². The smallest absolute Gasteiger partial charge is 0.252 e. The topological polar surface area (TPSA) is 32.3 Å². The summed E-state index contributed by atoms with van der Waals surface area (Å²) in [5.74, 6) is -0.0436. The van der Waals surface area contributed by atoms with Crippen LogP contribution in [0.3, 0.4) is 0 Å². The highest BCUT2D eigenvalue weighted by atomic mass is 127. The molecule has 0 aromatic heterocycles. The molecule has 1 saturated heterocycles. The van der Waals surface area contributed by atoms with Crippen molar-refractivity contribution < 1.29 is 4.79 Å². The van der Waals surface area contributed by atoms with Gasteiger partial charge in [0.1, 0.15) is 0 Å². The van der Waals surface area contributed by atoms with Gasteiger partial charge in [-0.3, -0.25) is 9.69 Å². The number of amides is 1. The SMILES string of the molecule is C[C@H](CNC(=O)c1cc(Cl)ccc1I)N1CCCC1. The number of hydrogen-bond donors (Lipinski definition) is 1. The summed E-state index contributed by atoms with van der Waals surface area (Å²) in [7, 11) is 0. The van der Waals surface area contributed by atoms with Crippen molar-refractivity contribution >= 4 is 40.1 Å². The van der Waals surface area contributed by atoms with Gasteiger partial charge in [-0.05, 0) is 73.6 Å². The van der Waals surface area contributed by atoms with Crippen molar-refractivity contribution in [2.24, 2.45) is 0 Å². The Labute approximate surface area is 132 Å². The average molecular weight is 393 g/mol. The van der Waals surface area contributed by atoms with E-state index in [4.69, 9.17) is 11.6 Å². The van der Waals surface area contributed by atoms with Gasteiger partial charge in [-0.2, -0.15) is 0 Å². The number of nitrogens with one attached hydrogen (secondary N) is 1. The monoisotopic (exact) mass is 392 g/mol. The zero-order chi connectivity index (χ0) is 13.8. The van der Waals surface area contributed by atoms with Crippen LogP contribution in [0.4, 0.5) is 0 Å². The second-order valence-corrected chi connectivity index (χ2v) is 6.52. The van der Waals surface area contributed by atoms with Crippen molar-refractivity contribution in [3.63, 3.8) is 0 Å². The maximum absolute atomic E-state index is 12.1. The lowest BCUT2D eigenvalue weighted by atomic mass is 10.2. The summed E-state index contributed by atoms with van der Waals surface area (Å²) in [6, 6.07) is 5.77. The molecule has 1 amide bonds. The lowest BCUT2D eigenvalue weighted by Gasteiger charge is -2.23. The first-order valence-electron chi connectivity index (χ1n) is 6.55. The molecule has 2 rings (SSSR count). The van der Waals surface area contributed by atoms with Crippen LogP contribution in [0.2, 0.25) is 5.02 Å². The van der Waals surface area contributed by atoms with E-state index in [9.17, 15) is 4.79 Å². The van der Waals surface area contributed by atoms with E-state index in [0.717, 1.165) is 16.7 Å². The van der Waals surface area contributed by atoms with Crippen LogP contribution in [0, 0.1) is 3.57 Å². The Hall–Kier alpha value is -0.330. The Morgan fingerprint density at radius 2 is 2.16 bits per heavy atom. The minimum Gasteiger partial charge on any atom is -0.350 e. The number of likely N-dealkylation sites (tertiary alicyclic amines) is 1. The molecule has 3 nitrogen and oxygen atoms in total. The second kappa shape index (κ2) is 6.90. The van der Waals surface area contributed by atoms with Gasteiger partial charge in [0.05, 0.1) is 5.56 Å². The molecule has 104 valence electrons. The molecule has 0 bridgehead atoms. The molecule has 1 atom stereocenters. The van der Waals surface area contributed by atoms with E-state index in [1.165, 1.54) is 12.8 Å². The Kier molecular flexibility index (Phi) is 5.47. The standard InChI is InChI=1S/C14H18ClIN2O/c1-10(18-6-2-3-7-18)9-17-14(19)12-8-11(15)4-5-13(12)16/h4-5,8,10H,2-3,6-7,9H2,1H3,(H,17,19)/t10-/m1/s1. The average Bonchev–Trinajstić information content (AvgIpc) is 2.92. The van der Waals surface area contributed by atoms with Gasteiger partial charge in [-0.1, -0.05) is 11.6 Å². The number of nitrogens with zero attached hydrogens (tertiary/aromatic N) is 1. The molecule has 0 saturated carbocycles. The predicted molar refractivity (Wildman–Crippen MR) is 86.8 cm³/mol. The van der Waals surface area contributed by atoms with Gasteiger partial charge < -0.3 is 5.32 Å². The van der Waals surface area contributed by atoms with Gasteiger partial charge in [-0.25, -0.2) is 0 Å². The quantitative estimate of drug-likeness (QED) is 0.798. The van der Waals surface area contributed by atoms with Crippen molar-refractivity contribution in [2.45, 2.75) is 25.8 Å². The first-order valence-corrected chi connectivity index (χ1v) is 8.01. The Balaban J connectivity index is 1.91. The number of rotatable bonds is 4. The maximum atomic E-state index is 12.1. The highest BCUT2D eigenvalue weighted by Gasteiger charge is 2.19. The molecule has 1 aliphatic heterocycles. The van der Waals surface area contributed by atoms with E-state index < -0.39 is 0 Å². The lowest BCUT2D eigenvalue weighted by molar-refractivity contribution is 0.0939. The summed E-state index contributed by atoms with van der Waals surface area (Å²) in [5.41, 5.74) is 0.654. The van der Waals surface area contributed by atoms with Crippen molar-refractivity contribution in [3.05, 3.63) is 32.4 Å². The van der Waals surface area contributed by atoms with Crippen LogP contribution < -0.4 is 5.32 Å². The fraction of sp³-hybridized carbons (Fsp3) is 0.500. The van der Waals surface area contributed by atoms with Crippen molar-refractivity contribution in [1.82, 2.24) is 10.2 Å². The zero-order valence-corrected chi connectivity index (χ0v) is 13.9. The molecule has 1 N–H and O–H groups in total. The maximum Gasteiger partial charge on any atom is 0.252 e. The molecule has 5 heteroatoms. The number of halogens is 2.